The first kappa shape index (κ1) is 19.2. The van der Waals surface area contributed by atoms with Crippen molar-refractivity contribution in [2.45, 2.75) is 45.3 Å². The largest absolute Gasteiger partial charge is 0.491 e. The van der Waals surface area contributed by atoms with Crippen molar-refractivity contribution in [1.82, 2.24) is 0 Å². The van der Waals surface area contributed by atoms with Crippen LogP contribution in [-0.2, 0) is 4.74 Å². The van der Waals surface area contributed by atoms with Gasteiger partial charge in [0.05, 0.1) is 12.2 Å². The molecule has 1 aliphatic rings. The minimum atomic E-state index is -0.180. The molecule has 0 saturated carbocycles. The number of anilines is 1. The van der Waals surface area contributed by atoms with E-state index in [-0.39, 0.29) is 18.1 Å². The van der Waals surface area contributed by atoms with Gasteiger partial charge in [0.15, 0.2) is 0 Å². The van der Waals surface area contributed by atoms with Crippen LogP contribution >= 0.6 is 0 Å². The summed E-state index contributed by atoms with van der Waals surface area (Å²) in [5.74, 6) is 1.24. The smallest absolute Gasteiger partial charge is 0.255 e. The van der Waals surface area contributed by atoms with Gasteiger partial charge < -0.3 is 19.5 Å². The zero-order valence-corrected chi connectivity index (χ0v) is 15.9. The predicted octanol–water partition coefficient (Wildman–Crippen LogP) is 4.67. The van der Waals surface area contributed by atoms with E-state index >= 15 is 0 Å². The lowest BCUT2D eigenvalue weighted by atomic mass is 10.2. The molecule has 1 aliphatic heterocycles. The molecule has 1 saturated heterocycles. The lowest BCUT2D eigenvalue weighted by Gasteiger charge is -2.14. The van der Waals surface area contributed by atoms with Crippen molar-refractivity contribution in [3.8, 4) is 11.5 Å². The molecule has 0 aliphatic carbocycles. The van der Waals surface area contributed by atoms with Gasteiger partial charge in [-0.15, -0.1) is 0 Å². The Morgan fingerprint density at radius 3 is 2.81 bits per heavy atom. The monoisotopic (exact) mass is 369 g/mol. The number of ether oxygens (including phenoxy) is 3. The van der Waals surface area contributed by atoms with Gasteiger partial charge in [-0.1, -0.05) is 19.1 Å². The van der Waals surface area contributed by atoms with Crippen molar-refractivity contribution in [2.75, 3.05) is 18.5 Å². The van der Waals surface area contributed by atoms with E-state index in [1.807, 2.05) is 43.3 Å². The van der Waals surface area contributed by atoms with E-state index in [0.29, 0.717) is 23.6 Å². The van der Waals surface area contributed by atoms with Crippen LogP contribution in [0, 0.1) is 0 Å². The topological polar surface area (TPSA) is 56.8 Å². The van der Waals surface area contributed by atoms with E-state index in [1.54, 1.807) is 12.1 Å². The van der Waals surface area contributed by atoms with Crippen molar-refractivity contribution >= 4 is 11.6 Å². The second-order valence-electron chi connectivity index (χ2n) is 6.79. The Bertz CT molecular complexity index is 755. The second kappa shape index (κ2) is 9.42. The quantitative estimate of drug-likeness (QED) is 0.734. The predicted molar refractivity (Wildman–Crippen MR) is 106 cm³/mol. The Labute approximate surface area is 160 Å². The Morgan fingerprint density at radius 1 is 1.22 bits per heavy atom. The molecule has 1 heterocycles. The summed E-state index contributed by atoms with van der Waals surface area (Å²) < 4.78 is 17.2. The third-order valence-corrected chi connectivity index (χ3v) is 4.56. The van der Waals surface area contributed by atoms with Crippen LogP contribution in [0.2, 0.25) is 0 Å². The second-order valence-corrected chi connectivity index (χ2v) is 6.79. The Balaban J connectivity index is 1.60. The van der Waals surface area contributed by atoms with Gasteiger partial charge in [-0.05, 0) is 56.5 Å². The van der Waals surface area contributed by atoms with Crippen LogP contribution in [-0.4, -0.2) is 31.3 Å². The van der Waals surface area contributed by atoms with Gasteiger partial charge in [0.2, 0.25) is 0 Å². The van der Waals surface area contributed by atoms with Gasteiger partial charge in [-0.2, -0.15) is 0 Å². The highest BCUT2D eigenvalue weighted by molar-refractivity contribution is 6.04. The molecule has 1 amide bonds. The summed E-state index contributed by atoms with van der Waals surface area (Å²) in [7, 11) is 0. The lowest BCUT2D eigenvalue weighted by Crippen LogP contribution is -2.16. The van der Waals surface area contributed by atoms with Gasteiger partial charge >= 0.3 is 0 Å². The van der Waals surface area contributed by atoms with E-state index in [2.05, 4.69) is 12.2 Å². The molecule has 1 fully saturated rings. The third-order valence-electron chi connectivity index (χ3n) is 4.56. The number of nitrogens with one attached hydrogen (secondary N) is 1. The summed E-state index contributed by atoms with van der Waals surface area (Å²) in [6, 6.07) is 14.6. The van der Waals surface area contributed by atoms with Gasteiger partial charge in [-0.25, -0.2) is 0 Å². The highest BCUT2D eigenvalue weighted by Gasteiger charge is 2.16. The van der Waals surface area contributed by atoms with Crippen molar-refractivity contribution in [2.24, 2.45) is 0 Å². The molecule has 0 radical (unpaired) electrons. The molecule has 3 rings (SSSR count). The fraction of sp³-hybridized carbons (Fsp3) is 0.409. The van der Waals surface area contributed by atoms with Gasteiger partial charge in [-0.3, -0.25) is 4.79 Å². The SMILES string of the molecule is CCC(C)Oc1cccc(C(=O)Nc2cccc(OCC3CCCO3)c2)c1. The maximum Gasteiger partial charge on any atom is 0.255 e. The zero-order valence-electron chi connectivity index (χ0n) is 15.9. The van der Waals surface area contributed by atoms with Crippen LogP contribution in [0.3, 0.4) is 0 Å². The third kappa shape index (κ3) is 5.73. The summed E-state index contributed by atoms with van der Waals surface area (Å²) in [4.78, 5) is 12.6. The minimum absolute atomic E-state index is 0.112. The van der Waals surface area contributed by atoms with Crippen molar-refractivity contribution < 1.29 is 19.0 Å². The molecule has 2 aromatic carbocycles. The standard InChI is InChI=1S/C22H27NO4/c1-3-16(2)27-20-10-4-7-17(13-20)22(24)23-18-8-5-9-19(14-18)26-15-21-11-6-12-25-21/h4-5,7-10,13-14,16,21H,3,6,11-12,15H2,1-2H3,(H,23,24). The highest BCUT2D eigenvalue weighted by Crippen LogP contribution is 2.21. The van der Waals surface area contributed by atoms with Crippen LogP contribution in [0.15, 0.2) is 48.5 Å². The van der Waals surface area contributed by atoms with Crippen LogP contribution in [0.4, 0.5) is 5.69 Å². The molecule has 144 valence electrons. The summed E-state index contributed by atoms with van der Waals surface area (Å²) in [5.41, 5.74) is 1.25. The minimum Gasteiger partial charge on any atom is -0.491 e. The molecule has 2 atom stereocenters. The molecule has 5 nitrogen and oxygen atoms in total. The maximum atomic E-state index is 12.6. The molecule has 0 bridgehead atoms. The van der Waals surface area contributed by atoms with Gasteiger partial charge in [0, 0.05) is 23.9 Å². The first-order chi connectivity index (χ1) is 13.1. The molecule has 0 aromatic heterocycles. The number of hydrogen-bond acceptors (Lipinski definition) is 4. The first-order valence-corrected chi connectivity index (χ1v) is 9.56. The fourth-order valence-corrected chi connectivity index (χ4v) is 2.86. The Hall–Kier alpha value is -2.53. The number of rotatable bonds is 8. The Morgan fingerprint density at radius 2 is 2.04 bits per heavy atom. The molecule has 5 heteroatoms. The van der Waals surface area contributed by atoms with E-state index < -0.39 is 0 Å². The molecule has 2 aromatic rings. The molecule has 27 heavy (non-hydrogen) atoms. The first-order valence-electron chi connectivity index (χ1n) is 9.56. The highest BCUT2D eigenvalue weighted by atomic mass is 16.5. The molecular formula is C22H27NO4. The molecule has 0 spiro atoms. The summed E-state index contributed by atoms with van der Waals surface area (Å²) in [6.45, 7) is 5.42. The van der Waals surface area contributed by atoms with Crippen LogP contribution in [0.5, 0.6) is 11.5 Å². The summed E-state index contributed by atoms with van der Waals surface area (Å²) in [5, 5.41) is 2.92. The van der Waals surface area contributed by atoms with E-state index in [4.69, 9.17) is 14.2 Å². The van der Waals surface area contributed by atoms with Crippen LogP contribution in [0.1, 0.15) is 43.5 Å². The van der Waals surface area contributed by atoms with E-state index in [0.717, 1.165) is 31.6 Å². The maximum absolute atomic E-state index is 12.6. The Kier molecular flexibility index (Phi) is 6.71. The lowest BCUT2D eigenvalue weighted by molar-refractivity contribution is 0.0680. The number of amides is 1. The molecule has 2 unspecified atom stereocenters. The average Bonchev–Trinajstić information content (AvgIpc) is 3.20. The number of benzene rings is 2. The summed E-state index contributed by atoms with van der Waals surface area (Å²) >= 11 is 0. The molecule has 1 N–H and O–H groups in total. The van der Waals surface area contributed by atoms with Crippen molar-refractivity contribution in [1.29, 1.82) is 0 Å². The van der Waals surface area contributed by atoms with Gasteiger partial charge in [0.25, 0.3) is 5.91 Å². The number of carbonyl (C=O) groups is 1. The zero-order chi connectivity index (χ0) is 19.1. The van der Waals surface area contributed by atoms with Crippen LogP contribution in [0.25, 0.3) is 0 Å². The van der Waals surface area contributed by atoms with E-state index in [1.165, 1.54) is 0 Å². The summed E-state index contributed by atoms with van der Waals surface area (Å²) in [6.07, 6.45) is 3.31. The van der Waals surface area contributed by atoms with Crippen molar-refractivity contribution in [3.63, 3.8) is 0 Å². The van der Waals surface area contributed by atoms with E-state index in [9.17, 15) is 4.79 Å². The average molecular weight is 369 g/mol. The van der Waals surface area contributed by atoms with Gasteiger partial charge in [0.1, 0.15) is 18.1 Å². The molecular weight excluding hydrogens is 342 g/mol. The number of carbonyl (C=O) groups excluding carboxylic acids is 1. The normalized spacial score (nSPS) is 17.3. The van der Waals surface area contributed by atoms with Crippen molar-refractivity contribution in [3.05, 3.63) is 54.1 Å². The number of hydrogen-bond donors (Lipinski definition) is 1. The fourth-order valence-electron chi connectivity index (χ4n) is 2.86. The van der Waals surface area contributed by atoms with Crippen LogP contribution < -0.4 is 14.8 Å².